The molecule has 3 nitrogen and oxygen atoms in total. The van der Waals surface area contributed by atoms with Crippen LogP contribution in [0.4, 0.5) is 0 Å². The van der Waals surface area contributed by atoms with Crippen molar-refractivity contribution in [2.24, 2.45) is 12.8 Å². The molecule has 0 saturated heterocycles. The van der Waals surface area contributed by atoms with Crippen LogP contribution in [0.1, 0.15) is 24.9 Å². The molecule has 1 aromatic heterocycles. The van der Waals surface area contributed by atoms with Crippen molar-refractivity contribution in [3.8, 4) is 0 Å². The normalized spacial score (nSPS) is 10.7. The lowest BCUT2D eigenvalue weighted by Crippen LogP contribution is -1.97. The molecule has 0 atom stereocenters. The highest BCUT2D eigenvalue weighted by molar-refractivity contribution is 6.30. The van der Waals surface area contributed by atoms with Gasteiger partial charge >= 0.3 is 0 Å². The molecular weight excluding hydrogens is 174 g/mol. The topological polar surface area (TPSA) is 43.8 Å². The maximum atomic E-state index is 5.97. The van der Waals surface area contributed by atoms with E-state index < -0.39 is 0 Å². The minimum absolute atomic E-state index is 0.413. The van der Waals surface area contributed by atoms with E-state index in [1.165, 1.54) is 0 Å². The molecule has 0 bridgehead atoms. The van der Waals surface area contributed by atoms with Crippen molar-refractivity contribution in [1.82, 2.24) is 9.55 Å². The first kappa shape index (κ1) is 9.55. The quantitative estimate of drug-likeness (QED) is 0.779. The van der Waals surface area contributed by atoms with Crippen LogP contribution in [0.5, 0.6) is 0 Å². The average molecular weight is 188 g/mol. The highest BCUT2D eigenvalue weighted by atomic mass is 35.5. The van der Waals surface area contributed by atoms with E-state index in [2.05, 4.69) is 11.9 Å². The number of aromatic nitrogens is 2. The van der Waals surface area contributed by atoms with Crippen LogP contribution in [0, 0.1) is 0 Å². The van der Waals surface area contributed by atoms with Crippen molar-refractivity contribution in [2.75, 3.05) is 0 Å². The maximum Gasteiger partial charge on any atom is 0.133 e. The Morgan fingerprint density at radius 3 is 2.67 bits per heavy atom. The van der Waals surface area contributed by atoms with Gasteiger partial charge < -0.3 is 10.3 Å². The van der Waals surface area contributed by atoms with Crippen molar-refractivity contribution in [3.63, 3.8) is 0 Å². The Hall–Kier alpha value is -0.540. The van der Waals surface area contributed by atoms with E-state index in [-0.39, 0.29) is 0 Å². The molecule has 68 valence electrons. The summed E-state index contributed by atoms with van der Waals surface area (Å²) in [6.07, 6.45) is 2.03. The van der Waals surface area contributed by atoms with Gasteiger partial charge in [-0.2, -0.15) is 0 Å². The van der Waals surface area contributed by atoms with Gasteiger partial charge in [0.05, 0.1) is 5.69 Å². The smallest absolute Gasteiger partial charge is 0.133 e. The molecular formula is C8H14ClN3. The summed E-state index contributed by atoms with van der Waals surface area (Å²) >= 11 is 5.97. The summed E-state index contributed by atoms with van der Waals surface area (Å²) in [4.78, 5) is 4.32. The molecule has 0 aliphatic carbocycles. The third-order valence-corrected chi connectivity index (χ3v) is 2.32. The van der Waals surface area contributed by atoms with Crippen molar-refractivity contribution >= 4 is 11.6 Å². The first-order valence-electron chi connectivity index (χ1n) is 4.10. The highest BCUT2D eigenvalue weighted by Crippen LogP contribution is 2.16. The van der Waals surface area contributed by atoms with Gasteiger partial charge in [0.25, 0.3) is 0 Å². The van der Waals surface area contributed by atoms with Gasteiger partial charge in [0.2, 0.25) is 0 Å². The predicted octanol–water partition coefficient (Wildman–Crippen LogP) is 1.48. The second kappa shape index (κ2) is 3.92. The van der Waals surface area contributed by atoms with Crippen molar-refractivity contribution < 1.29 is 0 Å². The Bertz CT molecular complexity index is 268. The largest absolute Gasteiger partial charge is 0.325 e. The van der Waals surface area contributed by atoms with Crippen LogP contribution in [0.25, 0.3) is 0 Å². The minimum Gasteiger partial charge on any atom is -0.325 e. The predicted molar refractivity (Wildman–Crippen MR) is 50.1 cm³/mol. The van der Waals surface area contributed by atoms with Gasteiger partial charge in [-0.3, -0.25) is 0 Å². The summed E-state index contributed by atoms with van der Waals surface area (Å²) in [5.41, 5.74) is 6.26. The maximum absolute atomic E-state index is 5.97. The van der Waals surface area contributed by atoms with Crippen LogP contribution in [-0.2, 0) is 20.0 Å². The van der Waals surface area contributed by atoms with E-state index in [0.717, 1.165) is 24.4 Å². The fourth-order valence-corrected chi connectivity index (χ4v) is 1.38. The molecule has 1 aromatic rings. The van der Waals surface area contributed by atoms with Gasteiger partial charge in [-0.1, -0.05) is 18.5 Å². The molecule has 12 heavy (non-hydrogen) atoms. The van der Waals surface area contributed by atoms with Crippen molar-refractivity contribution in [3.05, 3.63) is 16.7 Å². The zero-order valence-electron chi connectivity index (χ0n) is 7.47. The number of hydrogen-bond acceptors (Lipinski definition) is 2. The third kappa shape index (κ3) is 1.62. The molecule has 0 fully saturated rings. The van der Waals surface area contributed by atoms with E-state index in [4.69, 9.17) is 17.3 Å². The molecule has 0 aliphatic rings. The van der Waals surface area contributed by atoms with Gasteiger partial charge in [0.15, 0.2) is 0 Å². The van der Waals surface area contributed by atoms with Crippen LogP contribution < -0.4 is 5.73 Å². The van der Waals surface area contributed by atoms with Gasteiger partial charge in [-0.15, -0.1) is 0 Å². The molecule has 2 N–H and O–H groups in total. The lowest BCUT2D eigenvalue weighted by molar-refractivity contribution is 0.758. The Balaban J connectivity index is 2.98. The Kier molecular flexibility index (Phi) is 3.12. The summed E-state index contributed by atoms with van der Waals surface area (Å²) in [7, 11) is 1.92. The summed E-state index contributed by atoms with van der Waals surface area (Å²) in [5.74, 6) is 1.02. The molecule has 0 spiro atoms. The fraction of sp³-hybridized carbons (Fsp3) is 0.625. The second-order valence-electron chi connectivity index (χ2n) is 2.78. The number of hydrogen-bond donors (Lipinski definition) is 1. The van der Waals surface area contributed by atoms with Gasteiger partial charge in [0, 0.05) is 20.0 Å². The van der Waals surface area contributed by atoms with Crippen LogP contribution >= 0.6 is 11.6 Å². The van der Waals surface area contributed by atoms with E-state index in [1.807, 2.05) is 11.6 Å². The Morgan fingerprint density at radius 2 is 2.25 bits per heavy atom. The molecule has 0 saturated carbocycles. The zero-order chi connectivity index (χ0) is 9.14. The number of imidazole rings is 1. The van der Waals surface area contributed by atoms with Gasteiger partial charge in [0.1, 0.15) is 11.0 Å². The fourth-order valence-electron chi connectivity index (χ4n) is 1.16. The lowest BCUT2D eigenvalue weighted by Gasteiger charge is -1.98. The molecule has 0 aliphatic heterocycles. The summed E-state index contributed by atoms with van der Waals surface area (Å²) in [6, 6.07) is 0. The summed E-state index contributed by atoms with van der Waals surface area (Å²) in [5, 5.41) is 0.668. The van der Waals surface area contributed by atoms with E-state index in [9.17, 15) is 0 Å². The third-order valence-electron chi connectivity index (χ3n) is 1.85. The van der Waals surface area contributed by atoms with Crippen LogP contribution in [0.2, 0.25) is 5.15 Å². The molecule has 0 radical (unpaired) electrons. The number of nitrogens with zero attached hydrogens (tertiary/aromatic N) is 2. The van der Waals surface area contributed by atoms with E-state index >= 15 is 0 Å². The molecule has 1 rings (SSSR count). The summed E-state index contributed by atoms with van der Waals surface area (Å²) in [6.45, 7) is 2.53. The monoisotopic (exact) mass is 187 g/mol. The van der Waals surface area contributed by atoms with Crippen molar-refractivity contribution in [1.29, 1.82) is 0 Å². The van der Waals surface area contributed by atoms with Gasteiger partial charge in [-0.05, 0) is 6.42 Å². The van der Waals surface area contributed by atoms with Crippen LogP contribution in [0.3, 0.4) is 0 Å². The number of nitrogens with two attached hydrogens (primary N) is 1. The van der Waals surface area contributed by atoms with Gasteiger partial charge in [-0.25, -0.2) is 4.98 Å². The number of halogens is 1. The summed E-state index contributed by atoms with van der Waals surface area (Å²) < 4.78 is 1.90. The molecule has 0 amide bonds. The zero-order valence-corrected chi connectivity index (χ0v) is 8.23. The average Bonchev–Trinajstić information content (AvgIpc) is 2.33. The SMILES string of the molecule is CCCc1nc(CN)c(Cl)n1C. The molecule has 1 heterocycles. The van der Waals surface area contributed by atoms with Crippen LogP contribution in [-0.4, -0.2) is 9.55 Å². The number of aryl methyl sites for hydroxylation is 1. The molecule has 0 aromatic carbocycles. The van der Waals surface area contributed by atoms with Crippen molar-refractivity contribution in [2.45, 2.75) is 26.3 Å². The molecule has 0 unspecified atom stereocenters. The first-order chi connectivity index (χ1) is 5.70. The Morgan fingerprint density at radius 1 is 1.58 bits per heavy atom. The molecule has 4 heteroatoms. The standard InChI is InChI=1S/C8H14ClN3/c1-3-4-7-11-6(5-10)8(9)12(7)2/h3-5,10H2,1-2H3. The van der Waals surface area contributed by atoms with Crippen LogP contribution in [0.15, 0.2) is 0 Å². The highest BCUT2D eigenvalue weighted by Gasteiger charge is 2.09. The van der Waals surface area contributed by atoms with E-state index in [1.54, 1.807) is 0 Å². The lowest BCUT2D eigenvalue weighted by atomic mass is 10.3. The second-order valence-corrected chi connectivity index (χ2v) is 3.14. The number of rotatable bonds is 3. The first-order valence-corrected chi connectivity index (χ1v) is 4.48. The Labute approximate surface area is 77.5 Å². The van der Waals surface area contributed by atoms with E-state index in [0.29, 0.717) is 11.7 Å². The minimum atomic E-state index is 0.413.